The van der Waals surface area contributed by atoms with Crippen molar-refractivity contribution in [3.63, 3.8) is 0 Å². The van der Waals surface area contributed by atoms with Gasteiger partial charge in [0.1, 0.15) is 17.2 Å². The molecule has 140 valence electrons. The molecule has 1 amide bonds. The molecule has 1 atom stereocenters. The summed E-state index contributed by atoms with van der Waals surface area (Å²) >= 11 is 0. The Morgan fingerprint density at radius 1 is 1.00 bits per heavy atom. The molecule has 1 N–H and O–H groups in total. The smallest absolute Gasteiger partial charge is 0.258 e. The highest BCUT2D eigenvalue weighted by molar-refractivity contribution is 5.77. The summed E-state index contributed by atoms with van der Waals surface area (Å²) in [6.45, 7) is 0.413. The zero-order valence-corrected chi connectivity index (χ0v) is 15.7. The lowest BCUT2D eigenvalue weighted by Crippen LogP contribution is -2.37. The molecular formula is C20H26N2O4. The molecule has 6 heteroatoms. The number of carbonyl (C=O) groups is 1. The first kappa shape index (κ1) is 19.6. The van der Waals surface area contributed by atoms with E-state index < -0.39 is 0 Å². The first-order valence-corrected chi connectivity index (χ1v) is 8.38. The van der Waals surface area contributed by atoms with Crippen molar-refractivity contribution in [2.24, 2.45) is 0 Å². The number of nitrogens with one attached hydrogen (secondary N) is 1. The number of methoxy groups -OCH3 is 2. The highest BCUT2D eigenvalue weighted by Crippen LogP contribution is 2.27. The Kier molecular flexibility index (Phi) is 7.29. The predicted molar refractivity (Wildman–Crippen MR) is 101 cm³/mol. The summed E-state index contributed by atoms with van der Waals surface area (Å²) in [5.41, 5.74) is 1.02. The third-order valence-electron chi connectivity index (χ3n) is 4.04. The normalized spacial score (nSPS) is 11.7. The number of benzene rings is 2. The maximum absolute atomic E-state index is 12.1. The predicted octanol–water partition coefficient (Wildman–Crippen LogP) is 2.50. The van der Waals surface area contributed by atoms with E-state index in [4.69, 9.17) is 14.2 Å². The minimum atomic E-state index is -0.178. The van der Waals surface area contributed by atoms with E-state index in [9.17, 15) is 4.79 Å². The summed E-state index contributed by atoms with van der Waals surface area (Å²) in [6.07, 6.45) is 0. The van der Waals surface area contributed by atoms with Crippen LogP contribution in [0.3, 0.4) is 0 Å². The molecule has 0 fully saturated rings. The second-order valence-electron chi connectivity index (χ2n) is 5.99. The largest absolute Gasteiger partial charge is 0.497 e. The first-order chi connectivity index (χ1) is 12.5. The molecule has 0 aliphatic rings. The van der Waals surface area contributed by atoms with Crippen LogP contribution in [0.2, 0.25) is 0 Å². The number of carbonyl (C=O) groups excluding carboxylic acids is 1. The molecule has 1 unspecified atom stereocenters. The lowest BCUT2D eigenvalue weighted by atomic mass is 10.0. The van der Waals surface area contributed by atoms with Crippen LogP contribution >= 0.6 is 0 Å². The van der Waals surface area contributed by atoms with Gasteiger partial charge in [-0.1, -0.05) is 18.2 Å². The highest BCUT2D eigenvalue weighted by Gasteiger charge is 2.19. The third kappa shape index (κ3) is 5.39. The molecule has 0 saturated carbocycles. The van der Waals surface area contributed by atoms with Gasteiger partial charge in [0.05, 0.1) is 20.3 Å². The Labute approximate surface area is 154 Å². The SMILES string of the molecule is COc1ccc(OCC(=O)NCC(c2ccccc2OC)N(C)C)cc1. The highest BCUT2D eigenvalue weighted by atomic mass is 16.5. The van der Waals surface area contributed by atoms with Crippen molar-refractivity contribution >= 4 is 5.91 Å². The van der Waals surface area contributed by atoms with Gasteiger partial charge in [-0.05, 0) is 44.4 Å². The topological polar surface area (TPSA) is 60.0 Å². The number of rotatable bonds is 9. The van der Waals surface area contributed by atoms with E-state index in [1.54, 1.807) is 38.5 Å². The van der Waals surface area contributed by atoms with Crippen LogP contribution in [0.15, 0.2) is 48.5 Å². The van der Waals surface area contributed by atoms with E-state index >= 15 is 0 Å². The Morgan fingerprint density at radius 2 is 1.65 bits per heavy atom. The Morgan fingerprint density at radius 3 is 2.27 bits per heavy atom. The molecule has 0 aliphatic carbocycles. The van der Waals surface area contributed by atoms with Gasteiger partial charge in [-0.3, -0.25) is 4.79 Å². The number of ether oxygens (including phenoxy) is 3. The van der Waals surface area contributed by atoms with Crippen molar-refractivity contribution in [1.82, 2.24) is 10.2 Å². The maximum atomic E-state index is 12.1. The summed E-state index contributed by atoms with van der Waals surface area (Å²) in [6, 6.07) is 14.9. The Bertz CT molecular complexity index is 701. The van der Waals surface area contributed by atoms with Crippen LogP contribution in [0.1, 0.15) is 11.6 Å². The minimum Gasteiger partial charge on any atom is -0.497 e. The van der Waals surface area contributed by atoms with Crippen LogP contribution in [-0.4, -0.2) is 52.3 Å². The quantitative estimate of drug-likeness (QED) is 0.746. The number of amides is 1. The molecule has 0 aromatic heterocycles. The van der Waals surface area contributed by atoms with Crippen LogP contribution in [-0.2, 0) is 4.79 Å². The summed E-state index contributed by atoms with van der Waals surface area (Å²) in [5.74, 6) is 1.99. The molecule has 2 aromatic rings. The average molecular weight is 358 g/mol. The number of para-hydroxylation sites is 1. The second kappa shape index (κ2) is 9.68. The summed E-state index contributed by atoms with van der Waals surface area (Å²) in [5, 5.41) is 2.92. The van der Waals surface area contributed by atoms with Gasteiger partial charge < -0.3 is 24.4 Å². The van der Waals surface area contributed by atoms with Crippen LogP contribution in [0.5, 0.6) is 17.2 Å². The molecule has 0 radical (unpaired) electrons. The van der Waals surface area contributed by atoms with Gasteiger partial charge in [-0.2, -0.15) is 0 Å². The van der Waals surface area contributed by atoms with Gasteiger partial charge in [0, 0.05) is 12.1 Å². The molecule has 0 heterocycles. The van der Waals surface area contributed by atoms with Crippen molar-refractivity contribution in [2.45, 2.75) is 6.04 Å². The molecule has 2 rings (SSSR count). The zero-order valence-electron chi connectivity index (χ0n) is 15.7. The van der Waals surface area contributed by atoms with E-state index in [1.165, 1.54) is 0 Å². The number of hydrogen-bond acceptors (Lipinski definition) is 5. The lowest BCUT2D eigenvalue weighted by molar-refractivity contribution is -0.123. The number of hydrogen-bond donors (Lipinski definition) is 1. The van der Waals surface area contributed by atoms with Gasteiger partial charge in [0.25, 0.3) is 5.91 Å². The fourth-order valence-electron chi connectivity index (χ4n) is 2.59. The molecule has 0 bridgehead atoms. The number of likely N-dealkylation sites (N-methyl/N-ethyl adjacent to an activating group) is 1. The number of nitrogens with zero attached hydrogens (tertiary/aromatic N) is 1. The van der Waals surface area contributed by atoms with E-state index in [2.05, 4.69) is 5.32 Å². The average Bonchev–Trinajstić information content (AvgIpc) is 2.67. The standard InChI is InChI=1S/C20H26N2O4/c1-22(2)18(17-7-5-6-8-19(17)25-4)13-21-20(23)14-26-16-11-9-15(24-3)10-12-16/h5-12,18H,13-14H2,1-4H3,(H,21,23). The molecule has 0 saturated heterocycles. The van der Waals surface area contributed by atoms with Crippen LogP contribution < -0.4 is 19.5 Å². The minimum absolute atomic E-state index is 0.00362. The summed E-state index contributed by atoms with van der Waals surface area (Å²) in [4.78, 5) is 14.2. The molecule has 0 aliphatic heterocycles. The molecule has 26 heavy (non-hydrogen) atoms. The molecule has 0 spiro atoms. The van der Waals surface area contributed by atoms with Crippen molar-refractivity contribution in [3.8, 4) is 17.2 Å². The van der Waals surface area contributed by atoms with Crippen molar-refractivity contribution < 1.29 is 19.0 Å². The van der Waals surface area contributed by atoms with Gasteiger partial charge >= 0.3 is 0 Å². The third-order valence-corrected chi connectivity index (χ3v) is 4.04. The van der Waals surface area contributed by atoms with Crippen molar-refractivity contribution in [2.75, 3.05) is 41.5 Å². The van der Waals surface area contributed by atoms with E-state index in [-0.39, 0.29) is 18.6 Å². The van der Waals surface area contributed by atoms with E-state index in [0.29, 0.717) is 12.3 Å². The monoisotopic (exact) mass is 358 g/mol. The lowest BCUT2D eigenvalue weighted by Gasteiger charge is -2.26. The summed E-state index contributed by atoms with van der Waals surface area (Å²) in [7, 11) is 7.19. The Balaban J connectivity index is 1.90. The van der Waals surface area contributed by atoms with Crippen LogP contribution in [0.25, 0.3) is 0 Å². The summed E-state index contributed by atoms with van der Waals surface area (Å²) < 4.78 is 16.0. The molecular weight excluding hydrogens is 332 g/mol. The van der Waals surface area contributed by atoms with Gasteiger partial charge in [-0.25, -0.2) is 0 Å². The van der Waals surface area contributed by atoms with Crippen LogP contribution in [0, 0.1) is 0 Å². The first-order valence-electron chi connectivity index (χ1n) is 8.38. The zero-order chi connectivity index (χ0) is 18.9. The van der Waals surface area contributed by atoms with Crippen LogP contribution in [0.4, 0.5) is 0 Å². The second-order valence-corrected chi connectivity index (χ2v) is 5.99. The van der Waals surface area contributed by atoms with Crippen molar-refractivity contribution in [3.05, 3.63) is 54.1 Å². The molecule has 6 nitrogen and oxygen atoms in total. The maximum Gasteiger partial charge on any atom is 0.258 e. The fourth-order valence-corrected chi connectivity index (χ4v) is 2.59. The Hall–Kier alpha value is -2.73. The van der Waals surface area contributed by atoms with Gasteiger partial charge in [0.2, 0.25) is 0 Å². The van der Waals surface area contributed by atoms with Gasteiger partial charge in [-0.15, -0.1) is 0 Å². The van der Waals surface area contributed by atoms with Gasteiger partial charge in [0.15, 0.2) is 6.61 Å². The fraction of sp³-hybridized carbons (Fsp3) is 0.350. The molecule has 2 aromatic carbocycles. The van der Waals surface area contributed by atoms with E-state index in [0.717, 1.165) is 17.1 Å². The van der Waals surface area contributed by atoms with E-state index in [1.807, 2.05) is 43.3 Å². The van der Waals surface area contributed by atoms with Crippen molar-refractivity contribution in [1.29, 1.82) is 0 Å².